The lowest BCUT2D eigenvalue weighted by molar-refractivity contribution is 0.355. The third-order valence-corrected chi connectivity index (χ3v) is 7.07. The number of hydrogen-bond donors (Lipinski definition) is 0. The van der Waals surface area contributed by atoms with E-state index in [1.54, 1.807) is 37.3 Å². The van der Waals surface area contributed by atoms with Gasteiger partial charge in [0, 0.05) is 22.4 Å². The number of rotatable bonds is 6. The molecule has 0 spiro atoms. The minimum atomic E-state index is 0.684. The maximum absolute atomic E-state index is 9.63. The fourth-order valence-electron chi connectivity index (χ4n) is 3.60. The van der Waals surface area contributed by atoms with E-state index in [1.807, 2.05) is 25.1 Å². The highest BCUT2D eigenvalue weighted by molar-refractivity contribution is 7.98. The molecule has 0 radical (unpaired) electrons. The number of ether oxygens (including phenoxy) is 2. The molecule has 0 bridgehead atoms. The zero-order chi connectivity index (χ0) is 20.4. The molecule has 0 saturated carbocycles. The van der Waals surface area contributed by atoms with Crippen LogP contribution in [0.3, 0.4) is 0 Å². The summed E-state index contributed by atoms with van der Waals surface area (Å²) in [6.45, 7) is 2.05. The molecule has 0 saturated heterocycles. The van der Waals surface area contributed by atoms with Crippen LogP contribution >= 0.6 is 23.1 Å². The van der Waals surface area contributed by atoms with E-state index >= 15 is 0 Å². The fraction of sp³-hybridized carbons (Fsp3) is 0.318. The Morgan fingerprint density at radius 3 is 2.76 bits per heavy atom. The number of pyridine rings is 1. The number of aryl methyl sites for hydroxylation is 1. The number of thiazole rings is 1. The van der Waals surface area contributed by atoms with E-state index in [9.17, 15) is 5.26 Å². The molecule has 2 heterocycles. The first-order valence-corrected chi connectivity index (χ1v) is 11.2. The molecule has 5 nitrogen and oxygen atoms in total. The van der Waals surface area contributed by atoms with E-state index in [-0.39, 0.29) is 0 Å². The smallest absolute Gasteiger partial charge is 0.161 e. The van der Waals surface area contributed by atoms with Crippen molar-refractivity contribution in [2.75, 3.05) is 14.2 Å². The lowest BCUT2D eigenvalue weighted by atomic mass is 10.0. The van der Waals surface area contributed by atoms with E-state index in [4.69, 9.17) is 19.4 Å². The molecule has 1 aliphatic carbocycles. The molecule has 0 N–H and O–H groups in total. The molecule has 29 heavy (non-hydrogen) atoms. The van der Waals surface area contributed by atoms with Crippen LogP contribution in [0.1, 0.15) is 34.5 Å². The van der Waals surface area contributed by atoms with E-state index < -0.39 is 0 Å². The molecule has 0 amide bonds. The highest BCUT2D eigenvalue weighted by Gasteiger charge is 2.21. The van der Waals surface area contributed by atoms with Crippen molar-refractivity contribution < 1.29 is 9.47 Å². The predicted octanol–water partition coefficient (Wildman–Crippen LogP) is 5.18. The second-order valence-corrected chi connectivity index (χ2v) is 8.63. The van der Waals surface area contributed by atoms with Crippen molar-refractivity contribution >= 4 is 23.1 Å². The van der Waals surface area contributed by atoms with E-state index in [0.29, 0.717) is 22.8 Å². The summed E-state index contributed by atoms with van der Waals surface area (Å²) in [6, 6.07) is 8.17. The van der Waals surface area contributed by atoms with Crippen LogP contribution in [0.25, 0.3) is 10.6 Å². The second-order valence-electron chi connectivity index (χ2n) is 6.81. The van der Waals surface area contributed by atoms with E-state index in [2.05, 4.69) is 11.4 Å². The van der Waals surface area contributed by atoms with Gasteiger partial charge in [-0.1, -0.05) is 11.8 Å². The van der Waals surface area contributed by atoms with Gasteiger partial charge in [-0.2, -0.15) is 5.26 Å². The summed E-state index contributed by atoms with van der Waals surface area (Å²) in [6.07, 6.45) is 3.17. The molecular formula is C22H21N3O2S2. The summed E-state index contributed by atoms with van der Waals surface area (Å²) in [5, 5.41) is 13.5. The molecule has 7 heteroatoms. The van der Waals surface area contributed by atoms with Crippen molar-refractivity contribution in [3.05, 3.63) is 51.7 Å². The lowest BCUT2D eigenvalue weighted by Gasteiger charge is -2.10. The highest BCUT2D eigenvalue weighted by Crippen LogP contribution is 2.36. The number of nitriles is 1. The van der Waals surface area contributed by atoms with Gasteiger partial charge in [0.25, 0.3) is 0 Å². The number of fused-ring (bicyclic) bond motifs is 1. The van der Waals surface area contributed by atoms with Crippen molar-refractivity contribution in [1.29, 1.82) is 5.26 Å². The molecule has 4 rings (SSSR count). The Bertz CT molecular complexity index is 1100. The van der Waals surface area contributed by atoms with Gasteiger partial charge in [-0.15, -0.1) is 11.3 Å². The van der Waals surface area contributed by atoms with E-state index in [1.165, 1.54) is 5.56 Å². The number of nitrogens with zero attached hydrogens (tertiary/aromatic N) is 3. The molecule has 2 aromatic heterocycles. The zero-order valence-corrected chi connectivity index (χ0v) is 18.2. The summed E-state index contributed by atoms with van der Waals surface area (Å²) in [5.74, 6) is 2.07. The van der Waals surface area contributed by atoms with Gasteiger partial charge in [-0.3, -0.25) is 0 Å². The quantitative estimate of drug-likeness (QED) is 0.509. The topological polar surface area (TPSA) is 68.0 Å². The van der Waals surface area contributed by atoms with Crippen LogP contribution in [0.4, 0.5) is 0 Å². The molecule has 0 aliphatic heterocycles. The summed E-state index contributed by atoms with van der Waals surface area (Å²) >= 11 is 3.19. The molecular weight excluding hydrogens is 402 g/mol. The molecule has 0 unspecified atom stereocenters. The average molecular weight is 424 g/mol. The molecule has 148 valence electrons. The van der Waals surface area contributed by atoms with Crippen molar-refractivity contribution in [2.24, 2.45) is 0 Å². The zero-order valence-electron chi connectivity index (χ0n) is 16.6. The van der Waals surface area contributed by atoms with Gasteiger partial charge in [-0.25, -0.2) is 9.97 Å². The number of thioether (sulfide) groups is 1. The van der Waals surface area contributed by atoms with Gasteiger partial charge in [0.05, 0.1) is 25.5 Å². The fourth-order valence-corrected chi connectivity index (χ4v) is 5.47. The van der Waals surface area contributed by atoms with Crippen LogP contribution in [-0.4, -0.2) is 24.2 Å². The number of aromatic nitrogens is 2. The second kappa shape index (κ2) is 8.44. The van der Waals surface area contributed by atoms with Crippen LogP contribution in [-0.2, 0) is 18.6 Å². The van der Waals surface area contributed by atoms with Crippen LogP contribution in [0.2, 0.25) is 0 Å². The SMILES string of the molecule is COc1ccc(-c2nc(CSc3nc4c(c(C)c3C#N)CCC4)cs2)cc1OC. The average Bonchev–Trinajstić information content (AvgIpc) is 3.41. The first-order valence-electron chi connectivity index (χ1n) is 9.36. The Hall–Kier alpha value is -2.56. The molecule has 3 aromatic rings. The van der Waals surface area contributed by atoms with Crippen molar-refractivity contribution in [1.82, 2.24) is 9.97 Å². The standard InChI is InChI=1S/C22H21N3O2S2/c1-13-16-5-4-6-18(16)25-22(17(13)10-23)29-12-15-11-28-21(24-15)14-7-8-19(26-2)20(9-14)27-3/h7-9,11H,4-6,12H2,1-3H3. The van der Waals surface area contributed by atoms with Crippen LogP contribution < -0.4 is 9.47 Å². The number of methoxy groups -OCH3 is 2. The highest BCUT2D eigenvalue weighted by atomic mass is 32.2. The van der Waals surface area contributed by atoms with Crippen LogP contribution in [0.5, 0.6) is 11.5 Å². The Labute approximate surface area is 178 Å². The third kappa shape index (κ3) is 3.83. The maximum atomic E-state index is 9.63. The van der Waals surface area contributed by atoms with Crippen molar-refractivity contribution in [3.63, 3.8) is 0 Å². The minimum Gasteiger partial charge on any atom is -0.493 e. The molecule has 0 atom stereocenters. The van der Waals surface area contributed by atoms with Gasteiger partial charge in [0.1, 0.15) is 16.1 Å². The first-order chi connectivity index (χ1) is 14.1. The van der Waals surface area contributed by atoms with Gasteiger partial charge >= 0.3 is 0 Å². The van der Waals surface area contributed by atoms with Gasteiger partial charge < -0.3 is 9.47 Å². The lowest BCUT2D eigenvalue weighted by Crippen LogP contribution is -2.00. The third-order valence-electron chi connectivity index (χ3n) is 5.12. The largest absolute Gasteiger partial charge is 0.493 e. The Balaban J connectivity index is 1.54. The van der Waals surface area contributed by atoms with Gasteiger partial charge in [0.15, 0.2) is 11.5 Å². The monoisotopic (exact) mass is 423 g/mol. The predicted molar refractivity (Wildman–Crippen MR) is 116 cm³/mol. The Morgan fingerprint density at radius 1 is 1.17 bits per heavy atom. The van der Waals surface area contributed by atoms with E-state index in [0.717, 1.165) is 51.8 Å². The first kappa shape index (κ1) is 19.7. The van der Waals surface area contributed by atoms with Crippen molar-refractivity contribution in [3.8, 4) is 28.1 Å². The molecule has 1 aliphatic rings. The van der Waals surface area contributed by atoms with Gasteiger partial charge in [-0.05, 0) is 55.5 Å². The number of benzene rings is 1. The van der Waals surface area contributed by atoms with Gasteiger partial charge in [0.2, 0.25) is 0 Å². The maximum Gasteiger partial charge on any atom is 0.161 e. The number of hydrogen-bond acceptors (Lipinski definition) is 7. The molecule has 0 fully saturated rings. The minimum absolute atomic E-state index is 0.684. The summed E-state index contributed by atoms with van der Waals surface area (Å²) in [5.41, 5.74) is 6.22. The Morgan fingerprint density at radius 2 is 2.00 bits per heavy atom. The van der Waals surface area contributed by atoms with Crippen molar-refractivity contribution in [2.45, 2.75) is 37.0 Å². The van der Waals surface area contributed by atoms with Crippen LogP contribution in [0.15, 0.2) is 28.6 Å². The normalized spacial score (nSPS) is 12.5. The summed E-state index contributed by atoms with van der Waals surface area (Å²) < 4.78 is 10.7. The summed E-state index contributed by atoms with van der Waals surface area (Å²) in [4.78, 5) is 9.56. The van der Waals surface area contributed by atoms with Crippen LogP contribution in [0, 0.1) is 18.3 Å². The Kier molecular flexibility index (Phi) is 5.74. The molecule has 1 aromatic carbocycles. The summed E-state index contributed by atoms with van der Waals surface area (Å²) in [7, 11) is 3.25.